The van der Waals surface area contributed by atoms with E-state index in [9.17, 15) is 33.8 Å². The first kappa shape index (κ1) is 64.8. The molecule has 0 saturated heterocycles. The van der Waals surface area contributed by atoms with Crippen LogP contribution in [0, 0.1) is 5.92 Å². The van der Waals surface area contributed by atoms with E-state index in [0.717, 1.165) is 50.9 Å². The molecule has 0 aliphatic rings. The molecule has 0 saturated carbocycles. The number of hydrogen-bond acceptors (Lipinski definition) is 11. The predicted octanol–water partition coefficient (Wildman–Crippen LogP) is 12.8. The average Bonchev–Trinajstić information content (AvgIpc) is 3.29. The summed E-state index contributed by atoms with van der Waals surface area (Å²) in [6.45, 7) is 3.83. The largest absolute Gasteiger partial charge is 0.472 e. The van der Waals surface area contributed by atoms with E-state index in [1.54, 1.807) is 12.2 Å². The maximum atomic E-state index is 12.7. The second-order valence-corrected chi connectivity index (χ2v) is 20.2. The molecule has 14 nitrogen and oxygen atoms in total. The Bertz CT molecular complexity index is 1440. The number of carbonyl (C=O) groups excluding carboxylic acids is 2. The monoisotopic (exact) mass is 991 g/mol. The van der Waals surface area contributed by atoms with E-state index in [-0.39, 0.29) is 25.7 Å². The highest BCUT2D eigenvalue weighted by Gasteiger charge is 2.28. The molecule has 0 amide bonds. The van der Waals surface area contributed by atoms with Crippen molar-refractivity contribution in [2.45, 2.75) is 219 Å². The Labute approximate surface area is 404 Å². The van der Waals surface area contributed by atoms with Crippen LogP contribution < -0.4 is 0 Å². The quantitative estimate of drug-likeness (QED) is 0.0126. The third-order valence-corrected chi connectivity index (χ3v) is 12.5. The second-order valence-electron chi connectivity index (χ2n) is 17.5. The molecule has 0 radical (unpaired) electrons. The third-order valence-electron chi connectivity index (χ3n) is 11.1. The van der Waals surface area contributed by atoms with Crippen LogP contribution in [0.5, 0.6) is 0 Å². The van der Waals surface area contributed by atoms with Crippen molar-refractivity contribution in [3.05, 3.63) is 60.8 Å². The van der Waals surface area contributed by atoms with Crippen LogP contribution in [-0.4, -0.2) is 81.6 Å². The van der Waals surface area contributed by atoms with Crippen LogP contribution in [0.25, 0.3) is 0 Å². The van der Waals surface area contributed by atoms with Crippen molar-refractivity contribution in [2.75, 3.05) is 26.4 Å². The topological polar surface area (TPSA) is 216 Å². The SMILES string of the molecule is CC/C=C\C/C=C\C/C=C\C/C=C\C=C\C(O)CCCC(=O)O[C@H](COC(=O)CCCCCCCCCCCCCCCCCCCCC(C)CC)COP(=O)(O)OC[C@@H](O)COP(=O)(O)O. The van der Waals surface area contributed by atoms with E-state index < -0.39 is 72.3 Å². The van der Waals surface area contributed by atoms with E-state index >= 15 is 0 Å². The Balaban J connectivity index is 4.53. The second kappa shape index (κ2) is 45.0. The first-order valence-electron chi connectivity index (χ1n) is 25.5. The van der Waals surface area contributed by atoms with Gasteiger partial charge in [0.25, 0.3) is 0 Å². The summed E-state index contributed by atoms with van der Waals surface area (Å²) in [7, 11) is -9.76. The summed E-state index contributed by atoms with van der Waals surface area (Å²) >= 11 is 0. The molecule has 0 fully saturated rings. The minimum absolute atomic E-state index is 0.0998. The van der Waals surface area contributed by atoms with Gasteiger partial charge in [-0.1, -0.05) is 204 Å². The molecule has 5 N–H and O–H groups in total. The molecular formula is C51H92O14P2. The molecule has 0 rings (SSSR count). The van der Waals surface area contributed by atoms with Gasteiger partial charge < -0.3 is 34.4 Å². The summed E-state index contributed by atoms with van der Waals surface area (Å²) < 4.78 is 47.8. The zero-order chi connectivity index (χ0) is 49.7. The minimum Gasteiger partial charge on any atom is -0.462 e. The molecule has 16 heteroatoms. The summed E-state index contributed by atoms with van der Waals surface area (Å²) in [5.41, 5.74) is 0. The lowest BCUT2D eigenvalue weighted by Gasteiger charge is -2.20. The fourth-order valence-electron chi connectivity index (χ4n) is 6.82. The number of aliphatic hydroxyl groups is 2. The predicted molar refractivity (Wildman–Crippen MR) is 268 cm³/mol. The number of ether oxygens (including phenoxy) is 2. The highest BCUT2D eigenvalue weighted by atomic mass is 31.2. The number of allylic oxidation sites excluding steroid dienone is 9. The van der Waals surface area contributed by atoms with Crippen molar-refractivity contribution in [3.63, 3.8) is 0 Å². The first-order chi connectivity index (χ1) is 32.2. The Morgan fingerprint density at radius 1 is 0.522 bits per heavy atom. The minimum atomic E-state index is -4.89. The molecule has 67 heavy (non-hydrogen) atoms. The van der Waals surface area contributed by atoms with Gasteiger partial charge in [-0.25, -0.2) is 9.13 Å². The summed E-state index contributed by atoms with van der Waals surface area (Å²) in [4.78, 5) is 52.9. The molecule has 0 aromatic carbocycles. The maximum absolute atomic E-state index is 12.7. The van der Waals surface area contributed by atoms with E-state index in [2.05, 4.69) is 66.3 Å². The van der Waals surface area contributed by atoms with Crippen LogP contribution in [-0.2, 0) is 41.8 Å². The van der Waals surface area contributed by atoms with Crippen molar-refractivity contribution in [1.82, 2.24) is 0 Å². The molecule has 0 aliphatic heterocycles. The van der Waals surface area contributed by atoms with Crippen LogP contribution in [0.4, 0.5) is 0 Å². The summed E-state index contributed by atoms with van der Waals surface area (Å²) in [5, 5.41) is 20.1. The molecule has 3 unspecified atom stereocenters. The molecule has 0 aliphatic carbocycles. The standard InChI is InChI=1S/C51H92O14P2/c1-4-6-7-8-9-10-11-18-22-25-28-31-34-38-47(52)39-36-41-51(55)65-49(45-64-67(59,60)63-43-48(53)42-62-66(56,57)58)44-61-50(54)40-35-32-29-26-23-20-17-15-13-12-14-16-19-21-24-27-30-33-37-46(3)5-2/h6-7,9-10,18,22,28,31,34,38,46-49,52-53H,4-5,8,11-17,19-21,23-27,29-30,32-33,35-37,39-45H2,1-3H3,(H,59,60)(H2,56,57,58)/b7-6-,10-9-,22-18-,31-28-,38-34+/t46?,47?,48-,49+/m0/s1. The summed E-state index contributed by atoms with van der Waals surface area (Å²) in [5.74, 6) is -0.353. The molecule has 0 heterocycles. The molecule has 5 atom stereocenters. The Kier molecular flexibility index (Phi) is 43.5. The van der Waals surface area contributed by atoms with Crippen LogP contribution in [0.3, 0.4) is 0 Å². The van der Waals surface area contributed by atoms with Crippen molar-refractivity contribution >= 4 is 27.6 Å². The van der Waals surface area contributed by atoms with Gasteiger partial charge in [-0.15, -0.1) is 0 Å². The Morgan fingerprint density at radius 3 is 1.51 bits per heavy atom. The fraction of sp³-hybridized carbons (Fsp3) is 0.765. The zero-order valence-electron chi connectivity index (χ0n) is 41.5. The summed E-state index contributed by atoms with van der Waals surface area (Å²) in [6, 6.07) is 0. The number of aliphatic hydroxyl groups excluding tert-OH is 2. The zero-order valence-corrected chi connectivity index (χ0v) is 43.3. The number of hydrogen-bond donors (Lipinski definition) is 5. The Hall–Kier alpha value is -2.22. The van der Waals surface area contributed by atoms with E-state index in [0.29, 0.717) is 6.42 Å². The lowest BCUT2D eigenvalue weighted by molar-refractivity contribution is -0.161. The maximum Gasteiger partial charge on any atom is 0.472 e. The van der Waals surface area contributed by atoms with Gasteiger partial charge in [0.05, 0.1) is 25.9 Å². The van der Waals surface area contributed by atoms with Crippen molar-refractivity contribution in [3.8, 4) is 0 Å². The molecule has 0 aromatic heterocycles. The molecule has 0 bridgehead atoms. The number of rotatable bonds is 47. The van der Waals surface area contributed by atoms with E-state index in [1.165, 1.54) is 103 Å². The normalized spacial score (nSPS) is 15.3. The van der Waals surface area contributed by atoms with E-state index in [1.807, 2.05) is 12.2 Å². The number of esters is 2. The average molecular weight is 991 g/mol. The van der Waals surface area contributed by atoms with Gasteiger partial charge in [0.1, 0.15) is 12.7 Å². The van der Waals surface area contributed by atoms with Crippen molar-refractivity contribution < 1.29 is 66.7 Å². The number of carbonyl (C=O) groups is 2. The fourth-order valence-corrected chi connectivity index (χ4v) is 7.98. The number of phosphoric ester groups is 2. The number of phosphoric acid groups is 2. The van der Waals surface area contributed by atoms with E-state index in [4.69, 9.17) is 23.8 Å². The molecule has 390 valence electrons. The molecular weight excluding hydrogens is 898 g/mol. The van der Waals surface area contributed by atoms with Gasteiger partial charge >= 0.3 is 27.6 Å². The lowest BCUT2D eigenvalue weighted by atomic mass is 9.99. The van der Waals surface area contributed by atoms with Gasteiger partial charge in [0.15, 0.2) is 6.10 Å². The van der Waals surface area contributed by atoms with Gasteiger partial charge in [0.2, 0.25) is 0 Å². The third kappa shape index (κ3) is 48.6. The van der Waals surface area contributed by atoms with Crippen LogP contribution in [0.15, 0.2) is 60.8 Å². The number of unbranched alkanes of at least 4 members (excludes halogenated alkanes) is 17. The first-order valence-corrected chi connectivity index (χ1v) is 28.5. The van der Waals surface area contributed by atoms with Gasteiger partial charge in [0, 0.05) is 12.8 Å². The highest BCUT2D eigenvalue weighted by Crippen LogP contribution is 2.44. The van der Waals surface area contributed by atoms with Crippen molar-refractivity contribution in [1.29, 1.82) is 0 Å². The van der Waals surface area contributed by atoms with Gasteiger partial charge in [-0.2, -0.15) is 0 Å². The highest BCUT2D eigenvalue weighted by molar-refractivity contribution is 7.47. The van der Waals surface area contributed by atoms with Gasteiger partial charge in [-0.3, -0.25) is 23.2 Å². The van der Waals surface area contributed by atoms with Crippen LogP contribution >= 0.6 is 15.6 Å². The van der Waals surface area contributed by atoms with Crippen LogP contribution in [0.2, 0.25) is 0 Å². The molecule has 0 spiro atoms. The van der Waals surface area contributed by atoms with Gasteiger partial charge in [-0.05, 0) is 50.9 Å². The smallest absolute Gasteiger partial charge is 0.462 e. The van der Waals surface area contributed by atoms with Crippen LogP contribution in [0.1, 0.15) is 201 Å². The van der Waals surface area contributed by atoms with Crippen molar-refractivity contribution in [2.24, 2.45) is 5.92 Å². The molecule has 0 aromatic rings. The lowest BCUT2D eigenvalue weighted by Crippen LogP contribution is -2.30. The Morgan fingerprint density at radius 2 is 0.985 bits per heavy atom. The summed E-state index contributed by atoms with van der Waals surface area (Å²) in [6.07, 6.45) is 45.2.